The van der Waals surface area contributed by atoms with Crippen molar-refractivity contribution in [2.75, 3.05) is 5.75 Å². The van der Waals surface area contributed by atoms with Crippen LogP contribution >= 0.6 is 11.8 Å². The predicted octanol–water partition coefficient (Wildman–Crippen LogP) is 5.03. The molecule has 0 aliphatic carbocycles. The lowest BCUT2D eigenvalue weighted by Crippen LogP contribution is -2.25. The Kier molecular flexibility index (Phi) is 5.64. The van der Waals surface area contributed by atoms with Gasteiger partial charge in [-0.15, -0.1) is 0 Å². The monoisotopic (exact) mass is 297 g/mol. The van der Waals surface area contributed by atoms with E-state index in [9.17, 15) is 4.79 Å². The Morgan fingerprint density at radius 3 is 2.19 bits per heavy atom. The molecule has 0 atom stereocenters. The molecule has 2 rings (SSSR count). The Labute approximate surface area is 130 Å². The number of carbonyl (C=O) groups is 1. The Morgan fingerprint density at radius 1 is 1.05 bits per heavy atom. The zero-order valence-electron chi connectivity index (χ0n) is 12.2. The molecule has 0 fully saturated rings. The van der Waals surface area contributed by atoms with Gasteiger partial charge in [-0.25, -0.2) is 0 Å². The fourth-order valence-corrected chi connectivity index (χ4v) is 2.60. The molecule has 0 unspecified atom stereocenters. The molecule has 108 valence electrons. The molecule has 0 radical (unpaired) electrons. The van der Waals surface area contributed by atoms with Crippen molar-refractivity contribution >= 4 is 22.7 Å². The first-order chi connectivity index (χ1) is 10.2. The second-order valence-corrected chi connectivity index (χ2v) is 5.80. The third-order valence-corrected chi connectivity index (χ3v) is 3.86. The SMILES string of the molecule is C=C(c1ccccc1)N(Cc1ccccc1)C(=O)SCC. The van der Waals surface area contributed by atoms with Crippen molar-refractivity contribution in [1.82, 2.24) is 4.90 Å². The Hall–Kier alpha value is -2.00. The summed E-state index contributed by atoms with van der Waals surface area (Å²) in [6.07, 6.45) is 0. The Morgan fingerprint density at radius 2 is 1.62 bits per heavy atom. The van der Waals surface area contributed by atoms with E-state index in [-0.39, 0.29) is 5.24 Å². The highest BCUT2D eigenvalue weighted by Gasteiger charge is 2.18. The number of hydrogen-bond donors (Lipinski definition) is 0. The van der Waals surface area contributed by atoms with E-state index in [4.69, 9.17) is 0 Å². The second-order valence-electron chi connectivity index (χ2n) is 4.58. The third-order valence-electron chi connectivity index (χ3n) is 3.10. The second kappa shape index (κ2) is 7.70. The zero-order chi connectivity index (χ0) is 15.1. The summed E-state index contributed by atoms with van der Waals surface area (Å²) >= 11 is 1.31. The minimum Gasteiger partial charge on any atom is -0.299 e. The maximum atomic E-state index is 12.4. The molecule has 3 heteroatoms. The lowest BCUT2D eigenvalue weighted by Gasteiger charge is -2.24. The van der Waals surface area contributed by atoms with Gasteiger partial charge >= 0.3 is 0 Å². The fourth-order valence-electron chi connectivity index (χ4n) is 2.02. The van der Waals surface area contributed by atoms with Gasteiger partial charge in [-0.2, -0.15) is 0 Å². The van der Waals surface area contributed by atoms with Gasteiger partial charge in [-0.3, -0.25) is 9.69 Å². The summed E-state index contributed by atoms with van der Waals surface area (Å²) in [5.74, 6) is 0.756. The van der Waals surface area contributed by atoms with Crippen molar-refractivity contribution in [3.05, 3.63) is 78.4 Å². The first-order valence-electron chi connectivity index (χ1n) is 6.95. The van der Waals surface area contributed by atoms with E-state index in [0.29, 0.717) is 6.54 Å². The highest BCUT2D eigenvalue weighted by molar-refractivity contribution is 8.13. The highest BCUT2D eigenvalue weighted by Crippen LogP contribution is 2.24. The van der Waals surface area contributed by atoms with Gasteiger partial charge < -0.3 is 0 Å². The summed E-state index contributed by atoms with van der Waals surface area (Å²) in [4.78, 5) is 14.1. The van der Waals surface area contributed by atoms with Crippen LogP contribution in [0.1, 0.15) is 18.1 Å². The normalized spacial score (nSPS) is 10.1. The largest absolute Gasteiger partial charge is 0.299 e. The molecule has 0 saturated heterocycles. The maximum Gasteiger partial charge on any atom is 0.286 e. The molecule has 0 aliphatic rings. The van der Waals surface area contributed by atoms with Crippen molar-refractivity contribution in [3.63, 3.8) is 0 Å². The minimum absolute atomic E-state index is 0.0372. The molecular formula is C18H19NOS. The van der Waals surface area contributed by atoms with Crippen molar-refractivity contribution in [1.29, 1.82) is 0 Å². The van der Waals surface area contributed by atoms with E-state index < -0.39 is 0 Å². The van der Waals surface area contributed by atoms with Crippen molar-refractivity contribution in [3.8, 4) is 0 Å². The first kappa shape index (κ1) is 15.4. The minimum atomic E-state index is 0.0372. The summed E-state index contributed by atoms with van der Waals surface area (Å²) in [5.41, 5.74) is 2.81. The van der Waals surface area contributed by atoms with E-state index in [1.165, 1.54) is 11.8 Å². The number of benzene rings is 2. The average Bonchev–Trinajstić information content (AvgIpc) is 2.54. The maximum absolute atomic E-state index is 12.4. The summed E-state index contributed by atoms with van der Waals surface area (Å²) in [7, 11) is 0. The van der Waals surface area contributed by atoms with Gasteiger partial charge in [0.05, 0.1) is 6.54 Å². The van der Waals surface area contributed by atoms with Crippen LogP contribution in [0, 0.1) is 0 Å². The number of nitrogens with zero attached hydrogens (tertiary/aromatic N) is 1. The number of thioether (sulfide) groups is 1. The molecule has 21 heavy (non-hydrogen) atoms. The molecule has 0 saturated carbocycles. The highest BCUT2D eigenvalue weighted by atomic mass is 32.2. The van der Waals surface area contributed by atoms with E-state index in [0.717, 1.165) is 22.6 Å². The molecule has 0 N–H and O–H groups in total. The number of carbonyl (C=O) groups excluding carboxylic acids is 1. The van der Waals surface area contributed by atoms with Crippen LogP contribution in [0.5, 0.6) is 0 Å². The molecule has 2 nitrogen and oxygen atoms in total. The van der Waals surface area contributed by atoms with E-state index in [1.807, 2.05) is 67.6 Å². The lowest BCUT2D eigenvalue weighted by atomic mass is 10.1. The molecule has 0 aromatic heterocycles. The number of rotatable bonds is 5. The van der Waals surface area contributed by atoms with Crippen LogP contribution < -0.4 is 0 Å². The van der Waals surface area contributed by atoms with Crippen LogP contribution in [0.2, 0.25) is 0 Å². The third kappa shape index (κ3) is 4.23. The molecular weight excluding hydrogens is 278 g/mol. The molecule has 1 amide bonds. The predicted molar refractivity (Wildman–Crippen MR) is 91.0 cm³/mol. The van der Waals surface area contributed by atoms with Crippen LogP contribution in [-0.2, 0) is 6.54 Å². The van der Waals surface area contributed by atoms with Gasteiger partial charge in [0.1, 0.15) is 0 Å². The van der Waals surface area contributed by atoms with Gasteiger partial charge in [0.15, 0.2) is 0 Å². The standard InChI is InChI=1S/C18H19NOS/c1-3-21-18(20)19(14-16-10-6-4-7-11-16)15(2)17-12-8-5-9-13-17/h4-13H,2-3,14H2,1H3. The number of amides is 1. The molecule has 2 aromatic carbocycles. The van der Waals surface area contributed by atoms with E-state index in [2.05, 4.69) is 6.58 Å². The Bertz CT molecular complexity index is 595. The zero-order valence-corrected chi connectivity index (χ0v) is 13.0. The van der Waals surface area contributed by atoms with Crippen molar-refractivity contribution < 1.29 is 4.79 Å². The Balaban J connectivity index is 2.24. The quantitative estimate of drug-likeness (QED) is 0.771. The van der Waals surface area contributed by atoms with Gasteiger partial charge in [-0.1, -0.05) is 85.9 Å². The summed E-state index contributed by atoms with van der Waals surface area (Å²) < 4.78 is 0. The van der Waals surface area contributed by atoms with E-state index >= 15 is 0 Å². The number of hydrogen-bond acceptors (Lipinski definition) is 2. The first-order valence-corrected chi connectivity index (χ1v) is 7.93. The molecule has 0 heterocycles. The van der Waals surface area contributed by atoms with Crippen LogP contribution in [0.15, 0.2) is 67.2 Å². The molecule has 0 bridgehead atoms. The van der Waals surface area contributed by atoms with Crippen LogP contribution in [0.25, 0.3) is 5.70 Å². The molecule has 0 aliphatic heterocycles. The fraction of sp³-hybridized carbons (Fsp3) is 0.167. The molecule has 0 spiro atoms. The van der Waals surface area contributed by atoms with Gasteiger partial charge in [0.25, 0.3) is 5.24 Å². The van der Waals surface area contributed by atoms with Gasteiger partial charge in [-0.05, 0) is 16.9 Å². The average molecular weight is 297 g/mol. The van der Waals surface area contributed by atoms with Crippen molar-refractivity contribution in [2.45, 2.75) is 13.5 Å². The summed E-state index contributed by atoms with van der Waals surface area (Å²) in [6, 6.07) is 19.8. The van der Waals surface area contributed by atoms with Crippen LogP contribution in [-0.4, -0.2) is 15.9 Å². The topological polar surface area (TPSA) is 20.3 Å². The van der Waals surface area contributed by atoms with Gasteiger partial charge in [0, 0.05) is 5.70 Å². The smallest absolute Gasteiger partial charge is 0.286 e. The van der Waals surface area contributed by atoms with Crippen molar-refractivity contribution in [2.24, 2.45) is 0 Å². The lowest BCUT2D eigenvalue weighted by molar-refractivity contribution is 0.240. The molecule has 2 aromatic rings. The summed E-state index contributed by atoms with van der Waals surface area (Å²) in [5, 5.41) is 0.0372. The van der Waals surface area contributed by atoms with Crippen LogP contribution in [0.3, 0.4) is 0 Å². The van der Waals surface area contributed by atoms with Crippen LogP contribution in [0.4, 0.5) is 4.79 Å². The summed E-state index contributed by atoms with van der Waals surface area (Å²) in [6.45, 7) is 6.64. The van der Waals surface area contributed by atoms with Gasteiger partial charge in [0.2, 0.25) is 0 Å². The van der Waals surface area contributed by atoms with E-state index in [1.54, 1.807) is 4.90 Å².